The summed E-state index contributed by atoms with van der Waals surface area (Å²) in [6, 6.07) is 0. The smallest absolute Gasteiger partial charge is 0.255 e. The molecule has 0 amide bonds. The fourth-order valence-electron chi connectivity index (χ4n) is 0.346. The molecule has 0 saturated heterocycles. The number of hydrogen-bond acceptors (Lipinski definition) is 1. The Morgan fingerprint density at radius 2 is 2.22 bits per heavy atom. The van der Waals surface area contributed by atoms with Gasteiger partial charge in [0.1, 0.15) is 0 Å². The number of hydrogen-bond donors (Lipinski definition) is 1. The van der Waals surface area contributed by atoms with E-state index < -0.39 is 6.43 Å². The third kappa shape index (κ3) is 5.27. The molecule has 0 fully saturated rings. The number of halogens is 2. The Labute approximate surface area is 53.8 Å². The molecule has 0 atom stereocenters. The zero-order valence-corrected chi connectivity index (χ0v) is 5.45. The van der Waals surface area contributed by atoms with Gasteiger partial charge in [-0.15, -0.1) is 0 Å². The van der Waals surface area contributed by atoms with Crippen molar-refractivity contribution in [2.45, 2.75) is 19.8 Å². The minimum atomic E-state index is -2.28. The summed E-state index contributed by atoms with van der Waals surface area (Å²) >= 11 is 0. The van der Waals surface area contributed by atoms with E-state index in [9.17, 15) is 8.78 Å². The molecule has 0 aliphatic carbocycles. The van der Waals surface area contributed by atoms with Crippen LogP contribution < -0.4 is 5.32 Å². The SMILES string of the molecule is C=C(CC)NCC(F)F. The van der Waals surface area contributed by atoms with Gasteiger partial charge >= 0.3 is 0 Å². The van der Waals surface area contributed by atoms with E-state index in [2.05, 4.69) is 11.9 Å². The molecular weight excluding hydrogens is 124 g/mol. The molecule has 0 radical (unpaired) electrons. The number of allylic oxidation sites excluding steroid dienone is 1. The molecule has 9 heavy (non-hydrogen) atoms. The maximum Gasteiger partial charge on any atom is 0.255 e. The second-order valence-corrected chi connectivity index (χ2v) is 1.73. The molecule has 0 aliphatic heterocycles. The topological polar surface area (TPSA) is 12.0 Å². The van der Waals surface area contributed by atoms with Gasteiger partial charge in [0, 0.05) is 5.70 Å². The average molecular weight is 135 g/mol. The molecule has 0 aromatic rings. The van der Waals surface area contributed by atoms with Crippen molar-refractivity contribution in [1.82, 2.24) is 5.32 Å². The van der Waals surface area contributed by atoms with Crippen LogP contribution in [0.1, 0.15) is 13.3 Å². The van der Waals surface area contributed by atoms with Gasteiger partial charge in [-0.1, -0.05) is 13.5 Å². The van der Waals surface area contributed by atoms with Gasteiger partial charge in [0.25, 0.3) is 6.43 Å². The maximum atomic E-state index is 11.4. The fourth-order valence-corrected chi connectivity index (χ4v) is 0.346. The van der Waals surface area contributed by atoms with Gasteiger partial charge in [-0.25, -0.2) is 8.78 Å². The Morgan fingerprint density at radius 1 is 1.67 bits per heavy atom. The van der Waals surface area contributed by atoms with Crippen LogP contribution in [0.25, 0.3) is 0 Å². The highest BCUT2D eigenvalue weighted by atomic mass is 19.3. The summed E-state index contributed by atoms with van der Waals surface area (Å²) in [5.41, 5.74) is 0.662. The second kappa shape index (κ2) is 4.30. The van der Waals surface area contributed by atoms with Crippen molar-refractivity contribution in [3.8, 4) is 0 Å². The van der Waals surface area contributed by atoms with Crippen molar-refractivity contribution in [2.24, 2.45) is 0 Å². The molecule has 0 aromatic heterocycles. The van der Waals surface area contributed by atoms with Gasteiger partial charge in [0.05, 0.1) is 6.54 Å². The van der Waals surface area contributed by atoms with E-state index in [4.69, 9.17) is 0 Å². The van der Waals surface area contributed by atoms with Crippen LogP contribution in [-0.2, 0) is 0 Å². The van der Waals surface area contributed by atoms with Crippen LogP contribution in [-0.4, -0.2) is 13.0 Å². The average Bonchev–Trinajstić information content (AvgIpc) is 1.83. The Kier molecular flexibility index (Phi) is 4.01. The Hall–Kier alpha value is -0.600. The lowest BCUT2D eigenvalue weighted by atomic mass is 10.4. The van der Waals surface area contributed by atoms with Crippen LogP contribution in [0.2, 0.25) is 0 Å². The van der Waals surface area contributed by atoms with Crippen LogP contribution >= 0.6 is 0 Å². The summed E-state index contributed by atoms with van der Waals surface area (Å²) < 4.78 is 22.9. The molecule has 0 bridgehead atoms. The molecule has 1 nitrogen and oxygen atoms in total. The molecular formula is C6H11F2N. The zero-order valence-electron chi connectivity index (χ0n) is 5.45. The quantitative estimate of drug-likeness (QED) is 0.619. The monoisotopic (exact) mass is 135 g/mol. The standard InChI is InChI=1S/C6H11F2N/c1-3-5(2)9-4-6(7)8/h6,9H,2-4H2,1H3. The summed E-state index contributed by atoms with van der Waals surface area (Å²) in [4.78, 5) is 0. The summed E-state index contributed by atoms with van der Waals surface area (Å²) in [5, 5.41) is 2.49. The first kappa shape index (κ1) is 8.40. The third-order valence-corrected chi connectivity index (χ3v) is 0.933. The van der Waals surface area contributed by atoms with E-state index in [1.807, 2.05) is 6.92 Å². The summed E-state index contributed by atoms with van der Waals surface area (Å²) in [5.74, 6) is 0. The number of nitrogens with one attached hydrogen (secondary N) is 1. The molecule has 0 aliphatic rings. The molecule has 3 heteroatoms. The third-order valence-electron chi connectivity index (χ3n) is 0.933. The normalized spacial score (nSPS) is 9.78. The lowest BCUT2D eigenvalue weighted by Gasteiger charge is -2.04. The largest absolute Gasteiger partial charge is 0.383 e. The summed E-state index contributed by atoms with van der Waals surface area (Å²) in [6.45, 7) is 5.08. The van der Waals surface area contributed by atoms with E-state index >= 15 is 0 Å². The predicted octanol–water partition coefficient (Wildman–Crippen LogP) is 1.76. The first-order valence-electron chi connectivity index (χ1n) is 2.86. The van der Waals surface area contributed by atoms with E-state index in [1.165, 1.54) is 0 Å². The van der Waals surface area contributed by atoms with E-state index in [1.54, 1.807) is 0 Å². The van der Waals surface area contributed by atoms with Gasteiger partial charge in [-0.3, -0.25) is 0 Å². The lowest BCUT2D eigenvalue weighted by molar-refractivity contribution is 0.149. The molecule has 0 rings (SSSR count). The van der Waals surface area contributed by atoms with E-state index in [-0.39, 0.29) is 6.54 Å². The van der Waals surface area contributed by atoms with Crippen LogP contribution in [0.3, 0.4) is 0 Å². The summed E-state index contributed by atoms with van der Waals surface area (Å²) in [7, 11) is 0. The van der Waals surface area contributed by atoms with Crippen LogP contribution in [0.4, 0.5) is 8.78 Å². The van der Waals surface area contributed by atoms with E-state index in [0.717, 1.165) is 0 Å². The number of alkyl halides is 2. The van der Waals surface area contributed by atoms with Crippen LogP contribution in [0.5, 0.6) is 0 Å². The van der Waals surface area contributed by atoms with Crippen LogP contribution in [0.15, 0.2) is 12.3 Å². The lowest BCUT2D eigenvalue weighted by Crippen LogP contribution is -2.19. The molecule has 0 unspecified atom stereocenters. The Morgan fingerprint density at radius 3 is 2.56 bits per heavy atom. The fraction of sp³-hybridized carbons (Fsp3) is 0.667. The molecule has 0 aromatic carbocycles. The molecule has 0 saturated carbocycles. The van der Waals surface area contributed by atoms with Gasteiger partial charge in [-0.05, 0) is 6.42 Å². The maximum absolute atomic E-state index is 11.4. The highest BCUT2D eigenvalue weighted by Gasteiger charge is 1.99. The van der Waals surface area contributed by atoms with Crippen molar-refractivity contribution in [1.29, 1.82) is 0 Å². The van der Waals surface area contributed by atoms with Gasteiger partial charge < -0.3 is 5.32 Å². The molecule has 0 heterocycles. The highest BCUT2D eigenvalue weighted by Crippen LogP contribution is 1.93. The van der Waals surface area contributed by atoms with Crippen LogP contribution in [0, 0.1) is 0 Å². The Bertz CT molecular complexity index is 91.1. The van der Waals surface area contributed by atoms with Gasteiger partial charge in [-0.2, -0.15) is 0 Å². The minimum absolute atomic E-state index is 0.285. The van der Waals surface area contributed by atoms with Gasteiger partial charge in [0.15, 0.2) is 0 Å². The zero-order chi connectivity index (χ0) is 7.28. The highest BCUT2D eigenvalue weighted by molar-refractivity contribution is 4.88. The minimum Gasteiger partial charge on any atom is -0.383 e. The molecule has 0 spiro atoms. The number of rotatable bonds is 4. The van der Waals surface area contributed by atoms with E-state index in [0.29, 0.717) is 12.1 Å². The Balaban J connectivity index is 3.17. The predicted molar refractivity (Wildman–Crippen MR) is 33.4 cm³/mol. The van der Waals surface area contributed by atoms with Crippen molar-refractivity contribution < 1.29 is 8.78 Å². The first-order chi connectivity index (χ1) is 4.16. The molecule has 1 N–H and O–H groups in total. The van der Waals surface area contributed by atoms with Crippen molar-refractivity contribution in [3.05, 3.63) is 12.3 Å². The van der Waals surface area contributed by atoms with Crippen molar-refractivity contribution >= 4 is 0 Å². The van der Waals surface area contributed by atoms with Gasteiger partial charge in [0.2, 0.25) is 0 Å². The molecule has 54 valence electrons. The summed E-state index contributed by atoms with van der Waals surface area (Å²) in [6.07, 6.45) is -1.58. The van der Waals surface area contributed by atoms with Crippen molar-refractivity contribution in [3.63, 3.8) is 0 Å². The first-order valence-corrected chi connectivity index (χ1v) is 2.86. The second-order valence-electron chi connectivity index (χ2n) is 1.73. The van der Waals surface area contributed by atoms with Crippen molar-refractivity contribution in [2.75, 3.05) is 6.54 Å².